The van der Waals surface area contributed by atoms with E-state index in [1.165, 1.54) is 11.3 Å². The van der Waals surface area contributed by atoms with Gasteiger partial charge in [-0.1, -0.05) is 23.8 Å². The summed E-state index contributed by atoms with van der Waals surface area (Å²) >= 11 is 3.17. The molecule has 5 rings (SSSR count). The van der Waals surface area contributed by atoms with Gasteiger partial charge in [-0.2, -0.15) is 11.8 Å². The Morgan fingerprint density at radius 1 is 0.606 bits per heavy atom. The predicted octanol–water partition coefficient (Wildman–Crippen LogP) is 4.93. The van der Waals surface area contributed by atoms with E-state index >= 15 is 0 Å². The third-order valence-corrected chi connectivity index (χ3v) is 12.6. The number of thioether (sulfide) groups is 1. The Hall–Kier alpha value is -3.74. The molecule has 0 saturated carbocycles. The fraction of sp³-hybridized carbons (Fsp3) is 0.667. The molecule has 2 aliphatic rings. The Bertz CT molecular complexity index is 1770. The van der Waals surface area contributed by atoms with Gasteiger partial charge in [-0.25, -0.2) is 19.7 Å². The van der Waals surface area contributed by atoms with E-state index in [-0.39, 0.29) is 29.7 Å². The van der Waals surface area contributed by atoms with Crippen LogP contribution in [0.2, 0.25) is 0 Å². The Labute approximate surface area is 395 Å². The van der Waals surface area contributed by atoms with Crippen LogP contribution < -0.4 is 16.0 Å². The molecule has 3 atom stereocenters. The third kappa shape index (κ3) is 21.9. The number of fused-ring (bicyclic) bond motifs is 1. The van der Waals surface area contributed by atoms with Crippen LogP contribution in [0, 0.1) is 0 Å². The van der Waals surface area contributed by atoms with Crippen molar-refractivity contribution in [3.63, 3.8) is 0 Å². The van der Waals surface area contributed by atoms with E-state index in [1.807, 2.05) is 30.0 Å². The smallest absolute Gasteiger partial charge is 0.315 e. The lowest BCUT2D eigenvalue weighted by Crippen LogP contribution is -2.36. The lowest BCUT2D eigenvalue weighted by molar-refractivity contribution is -0.119. The van der Waals surface area contributed by atoms with Gasteiger partial charge in [-0.05, 0) is 43.9 Å². The number of hydrogen-bond donors (Lipinski definition) is 3. The summed E-state index contributed by atoms with van der Waals surface area (Å²) < 4.78 is 50.0. The van der Waals surface area contributed by atoms with E-state index in [1.54, 1.807) is 24.7 Å². The average Bonchev–Trinajstić information content (AvgIpc) is 4.04. The molecule has 366 valence electrons. The van der Waals surface area contributed by atoms with Gasteiger partial charge >= 0.3 is 6.03 Å². The lowest BCUT2D eigenvalue weighted by Gasteiger charge is -2.16. The van der Waals surface area contributed by atoms with Crippen molar-refractivity contribution < 1.29 is 57.0 Å². The Balaban J connectivity index is 0.695. The molecule has 3 aromatic heterocycles. The first-order valence-corrected chi connectivity index (χ1v) is 24.8. The van der Waals surface area contributed by atoms with Crippen molar-refractivity contribution in [1.29, 1.82) is 0 Å². The van der Waals surface area contributed by atoms with E-state index < -0.39 is 0 Å². The maximum absolute atomic E-state index is 13.2. The van der Waals surface area contributed by atoms with Gasteiger partial charge in [0, 0.05) is 62.1 Å². The Kier molecular flexibility index (Phi) is 27.2. The fourth-order valence-electron chi connectivity index (χ4n) is 6.82. The van der Waals surface area contributed by atoms with E-state index in [0.717, 1.165) is 31.4 Å². The number of rotatable bonds is 41. The number of thiazole rings is 1. The SMILES string of the molecule is O=C(CCCC[C@@H]1SC[C@@H]2NC(=O)N[C@@H]21)CCCOCCOCCOCCOCCOCCOCCOCCOCCOCCCC(=O)c1sc(Nc2ncccn2)nc1-c1ccccn1. The second-order valence-electron chi connectivity index (χ2n) is 15.2. The van der Waals surface area contributed by atoms with Crippen LogP contribution in [-0.2, 0) is 47.4 Å². The molecule has 0 aromatic carbocycles. The molecule has 2 aliphatic heterocycles. The second kappa shape index (κ2) is 33.7. The highest BCUT2D eigenvalue weighted by Gasteiger charge is 2.42. The van der Waals surface area contributed by atoms with Gasteiger partial charge in [0.25, 0.3) is 0 Å². The Morgan fingerprint density at radius 2 is 1.12 bits per heavy atom. The largest absolute Gasteiger partial charge is 0.379 e. The number of unbranched alkanes of at least 4 members (excludes halogenated alkanes) is 1. The molecule has 66 heavy (non-hydrogen) atoms. The molecule has 0 radical (unpaired) electrons. The zero-order valence-corrected chi connectivity index (χ0v) is 39.5. The molecule has 3 N–H and O–H groups in total. The van der Waals surface area contributed by atoms with Crippen molar-refractivity contribution in [3.8, 4) is 11.4 Å². The summed E-state index contributed by atoms with van der Waals surface area (Å²) in [7, 11) is 0. The van der Waals surface area contributed by atoms with Crippen molar-refractivity contribution in [2.45, 2.75) is 68.7 Å². The normalized spacial score (nSPS) is 16.6. The number of pyridine rings is 1. The first-order chi connectivity index (χ1) is 32.6. The van der Waals surface area contributed by atoms with Crippen LogP contribution in [0.25, 0.3) is 11.4 Å². The van der Waals surface area contributed by atoms with Crippen LogP contribution in [0.5, 0.6) is 0 Å². The molecule has 0 aliphatic carbocycles. The zero-order valence-electron chi connectivity index (χ0n) is 37.9. The number of ketones is 2. The number of amides is 2. The summed E-state index contributed by atoms with van der Waals surface area (Å²) in [5.74, 6) is 1.63. The summed E-state index contributed by atoms with van der Waals surface area (Å²) in [5.41, 5.74) is 1.16. The van der Waals surface area contributed by atoms with Crippen molar-refractivity contribution >= 4 is 51.8 Å². The van der Waals surface area contributed by atoms with Gasteiger partial charge in [0.2, 0.25) is 5.95 Å². The number of nitrogens with one attached hydrogen (secondary N) is 3. The summed E-state index contributed by atoms with van der Waals surface area (Å²) in [6.07, 6.45) is 10.6. The zero-order chi connectivity index (χ0) is 46.1. The van der Waals surface area contributed by atoms with Gasteiger partial charge in [-0.3, -0.25) is 14.6 Å². The van der Waals surface area contributed by atoms with Crippen LogP contribution in [0.15, 0.2) is 42.9 Å². The third-order valence-electron chi connectivity index (χ3n) is 10.1. The first kappa shape index (κ1) is 53.2. The minimum atomic E-state index is -0.0548. The van der Waals surface area contributed by atoms with Crippen LogP contribution in [0.3, 0.4) is 0 Å². The number of Topliss-reactive ketones (excluding diaryl/α,β-unsaturated/α-hetero) is 2. The summed E-state index contributed by atoms with van der Waals surface area (Å²) in [5, 5.41) is 10.0. The maximum Gasteiger partial charge on any atom is 0.315 e. The summed E-state index contributed by atoms with van der Waals surface area (Å²) in [4.78, 5) is 54.7. The predicted molar refractivity (Wildman–Crippen MR) is 250 cm³/mol. The number of nitrogens with zero attached hydrogens (tertiary/aromatic N) is 4. The Morgan fingerprint density at radius 3 is 1.67 bits per heavy atom. The monoisotopic (exact) mass is 961 g/mol. The number of hydrogen-bond acceptors (Lipinski definition) is 19. The van der Waals surface area contributed by atoms with Crippen molar-refractivity contribution in [2.75, 3.05) is 130 Å². The molecule has 2 amide bonds. The quantitative estimate of drug-likeness (QED) is 0.0390. The van der Waals surface area contributed by atoms with Crippen LogP contribution in [-0.4, -0.2) is 180 Å². The van der Waals surface area contributed by atoms with Crippen molar-refractivity contribution in [1.82, 2.24) is 30.6 Å². The molecule has 0 unspecified atom stereocenters. The minimum Gasteiger partial charge on any atom is -0.379 e. The molecule has 5 heterocycles. The highest BCUT2D eigenvalue weighted by atomic mass is 32.2. The number of anilines is 2. The molecule has 0 bridgehead atoms. The lowest BCUT2D eigenvalue weighted by atomic mass is 10.0. The maximum atomic E-state index is 13.2. The van der Waals surface area contributed by atoms with E-state index in [4.69, 9.17) is 42.6 Å². The molecule has 2 saturated heterocycles. The van der Waals surface area contributed by atoms with Crippen LogP contribution in [0.4, 0.5) is 15.9 Å². The number of carbonyl (C=O) groups excluding carboxylic acids is 3. The van der Waals surface area contributed by atoms with Gasteiger partial charge in [0.05, 0.1) is 123 Å². The molecule has 19 nitrogen and oxygen atoms in total. The molecule has 21 heteroatoms. The fourth-order valence-corrected chi connectivity index (χ4v) is 9.29. The van der Waals surface area contributed by atoms with Crippen molar-refractivity contribution in [3.05, 3.63) is 47.7 Å². The topological polar surface area (TPSA) is 222 Å². The first-order valence-electron chi connectivity index (χ1n) is 23.0. The molecule has 0 spiro atoms. The van der Waals surface area contributed by atoms with Gasteiger partial charge in [0.15, 0.2) is 10.9 Å². The molecule has 3 aromatic rings. The average molecular weight is 962 g/mol. The molecular formula is C45H67N7O12S2. The van der Waals surface area contributed by atoms with Gasteiger partial charge in [0.1, 0.15) is 16.4 Å². The van der Waals surface area contributed by atoms with Crippen LogP contribution >= 0.6 is 23.1 Å². The number of urea groups is 1. The van der Waals surface area contributed by atoms with Gasteiger partial charge in [-0.15, -0.1) is 0 Å². The molecular weight excluding hydrogens is 895 g/mol. The van der Waals surface area contributed by atoms with Crippen molar-refractivity contribution in [2.24, 2.45) is 0 Å². The minimum absolute atomic E-state index is 0.0269. The summed E-state index contributed by atoms with van der Waals surface area (Å²) in [6, 6.07) is 7.66. The van der Waals surface area contributed by atoms with Gasteiger partial charge < -0.3 is 58.6 Å². The highest BCUT2D eigenvalue weighted by molar-refractivity contribution is 8.00. The van der Waals surface area contributed by atoms with E-state index in [0.29, 0.717) is 177 Å². The molecule has 2 fully saturated rings. The number of carbonyl (C=O) groups is 3. The van der Waals surface area contributed by atoms with E-state index in [9.17, 15) is 14.4 Å². The number of ether oxygens (including phenoxy) is 9. The standard InChI is InChI=1S/C45H67N7O12S2/c53-35(8-1-2-12-39-40-37(34-65-39)49-44(55)50-40)9-5-16-56-18-20-58-22-24-60-26-28-62-30-32-64-33-31-63-29-27-61-25-23-59-21-19-57-17-6-11-38(54)42-41(36-10-3-4-13-46-36)51-45(66-42)52-43-47-14-7-15-48-43/h3-4,7,10,13-15,37,39-40H,1-2,5-6,8-9,11-12,16-34H2,(H2,49,50,55)(H,47,48,51,52)/t37-,39-,40-/m0/s1. The second-order valence-corrected chi connectivity index (χ2v) is 17.4. The summed E-state index contributed by atoms with van der Waals surface area (Å²) in [6.45, 7) is 8.46. The van der Waals surface area contributed by atoms with Crippen LogP contribution in [0.1, 0.15) is 61.0 Å². The number of aromatic nitrogens is 4. The van der Waals surface area contributed by atoms with E-state index in [2.05, 4.69) is 35.9 Å². The highest BCUT2D eigenvalue weighted by Crippen LogP contribution is 2.34.